The monoisotopic (exact) mass is 472 g/mol. The molecule has 1 unspecified atom stereocenters. The van der Waals surface area contributed by atoms with E-state index in [2.05, 4.69) is 31.0 Å². The summed E-state index contributed by atoms with van der Waals surface area (Å²) in [6.07, 6.45) is 3.97. The molecule has 8 nitrogen and oxygen atoms in total. The average molecular weight is 473 g/mol. The van der Waals surface area contributed by atoms with Gasteiger partial charge < -0.3 is 14.2 Å². The van der Waals surface area contributed by atoms with Crippen molar-refractivity contribution in [3.63, 3.8) is 0 Å². The number of hydrogen-bond acceptors (Lipinski definition) is 7. The molecule has 0 aliphatic heterocycles. The number of carbonyl (C=O) groups is 1. The van der Waals surface area contributed by atoms with Gasteiger partial charge in [0.1, 0.15) is 41.3 Å². The number of aliphatic imine (C=N–C) groups is 1. The fourth-order valence-corrected chi connectivity index (χ4v) is 3.44. The van der Waals surface area contributed by atoms with Crippen molar-refractivity contribution >= 4 is 27.9 Å². The molecule has 1 heterocycles. The molecule has 0 saturated heterocycles. The van der Waals surface area contributed by atoms with Gasteiger partial charge in [0, 0.05) is 13.3 Å². The molecule has 0 saturated carbocycles. The Morgan fingerprint density at radius 3 is 2.37 bits per heavy atom. The van der Waals surface area contributed by atoms with Crippen LogP contribution in [0.1, 0.15) is 17.2 Å². The SMILES string of the molecule is COc1cc(C=NCC(=O)C(OC)c2ccc(-n3cncn3)cc2)cc(OC)c1Br. The quantitative estimate of drug-likeness (QED) is 0.443. The zero-order valence-electron chi connectivity index (χ0n) is 16.8. The summed E-state index contributed by atoms with van der Waals surface area (Å²) in [5.41, 5.74) is 2.34. The van der Waals surface area contributed by atoms with E-state index in [0.29, 0.717) is 11.5 Å². The van der Waals surface area contributed by atoms with Crippen LogP contribution in [0, 0.1) is 0 Å². The van der Waals surface area contributed by atoms with Gasteiger partial charge in [0.2, 0.25) is 0 Å². The fraction of sp³-hybridized carbons (Fsp3) is 0.238. The third-order valence-electron chi connectivity index (χ3n) is 4.36. The molecule has 3 rings (SSSR count). The third-order valence-corrected chi connectivity index (χ3v) is 5.14. The highest BCUT2D eigenvalue weighted by Gasteiger charge is 2.19. The molecular formula is C21H21BrN4O4. The van der Waals surface area contributed by atoms with E-state index in [9.17, 15) is 4.79 Å². The van der Waals surface area contributed by atoms with Crippen LogP contribution in [0.25, 0.3) is 5.69 Å². The number of Topliss-reactive ketones (excluding diaryl/α,β-unsaturated/α-hetero) is 1. The number of ketones is 1. The van der Waals surface area contributed by atoms with Gasteiger partial charge in [-0.1, -0.05) is 12.1 Å². The lowest BCUT2D eigenvalue weighted by Gasteiger charge is -2.14. The van der Waals surface area contributed by atoms with Crippen LogP contribution in [-0.2, 0) is 9.53 Å². The molecule has 0 aliphatic rings. The number of benzene rings is 2. The maximum atomic E-state index is 12.7. The van der Waals surface area contributed by atoms with Gasteiger partial charge in [-0.25, -0.2) is 9.67 Å². The summed E-state index contributed by atoms with van der Waals surface area (Å²) in [4.78, 5) is 20.9. The lowest BCUT2D eigenvalue weighted by Crippen LogP contribution is -2.17. The standard InChI is InChI=1S/C21H21BrN4O4/c1-28-18-8-14(9-19(29-2)20(18)22)10-23-11-17(27)21(30-3)15-4-6-16(7-5-15)26-13-24-12-25-26/h4-10,12-13,21H,11H2,1-3H3. The second-order valence-electron chi connectivity index (χ2n) is 6.22. The van der Waals surface area contributed by atoms with E-state index in [1.165, 1.54) is 13.4 Å². The molecule has 0 amide bonds. The van der Waals surface area contributed by atoms with Gasteiger partial charge in [-0.05, 0) is 51.3 Å². The van der Waals surface area contributed by atoms with Gasteiger partial charge in [0.25, 0.3) is 0 Å². The highest BCUT2D eigenvalue weighted by atomic mass is 79.9. The van der Waals surface area contributed by atoms with E-state index in [0.717, 1.165) is 21.3 Å². The number of rotatable bonds is 9. The van der Waals surface area contributed by atoms with E-state index in [1.807, 2.05) is 24.3 Å². The summed E-state index contributed by atoms with van der Waals surface area (Å²) in [6, 6.07) is 11.0. The predicted molar refractivity (Wildman–Crippen MR) is 116 cm³/mol. The molecule has 9 heteroatoms. The molecule has 156 valence electrons. The molecule has 0 radical (unpaired) electrons. The molecule has 3 aromatic rings. The molecule has 0 N–H and O–H groups in total. The predicted octanol–water partition coefficient (Wildman–Crippen LogP) is 3.42. The summed E-state index contributed by atoms with van der Waals surface area (Å²) < 4.78 is 18.4. The van der Waals surface area contributed by atoms with Gasteiger partial charge in [-0.2, -0.15) is 5.10 Å². The zero-order chi connectivity index (χ0) is 21.5. The van der Waals surface area contributed by atoms with E-state index in [4.69, 9.17) is 14.2 Å². The molecule has 30 heavy (non-hydrogen) atoms. The summed E-state index contributed by atoms with van der Waals surface area (Å²) in [5, 5.41) is 4.08. The van der Waals surface area contributed by atoms with Crippen molar-refractivity contribution in [3.8, 4) is 17.2 Å². The van der Waals surface area contributed by atoms with Crippen molar-refractivity contribution < 1.29 is 19.0 Å². The van der Waals surface area contributed by atoms with E-state index in [1.54, 1.807) is 43.6 Å². The summed E-state index contributed by atoms with van der Waals surface area (Å²) >= 11 is 3.43. The van der Waals surface area contributed by atoms with Crippen LogP contribution in [0.15, 0.2) is 58.5 Å². The Bertz CT molecular complexity index is 995. The largest absolute Gasteiger partial charge is 0.495 e. The number of aromatic nitrogens is 3. The molecule has 0 spiro atoms. The Kier molecular flexibility index (Phi) is 7.31. The fourth-order valence-electron chi connectivity index (χ4n) is 2.88. The van der Waals surface area contributed by atoms with Crippen LogP contribution in [0.5, 0.6) is 11.5 Å². The molecule has 0 aliphatic carbocycles. The van der Waals surface area contributed by atoms with Crippen molar-refractivity contribution in [2.24, 2.45) is 4.99 Å². The van der Waals surface area contributed by atoms with Crippen LogP contribution in [0.4, 0.5) is 0 Å². The number of methoxy groups -OCH3 is 3. The normalized spacial score (nSPS) is 12.1. The second kappa shape index (κ2) is 10.1. The first-order chi connectivity index (χ1) is 14.6. The highest BCUT2D eigenvalue weighted by Crippen LogP contribution is 2.35. The number of halogens is 1. The number of hydrogen-bond donors (Lipinski definition) is 0. The minimum Gasteiger partial charge on any atom is -0.495 e. The number of nitrogens with zero attached hydrogens (tertiary/aromatic N) is 4. The lowest BCUT2D eigenvalue weighted by molar-refractivity contribution is -0.127. The minimum atomic E-state index is -0.707. The summed E-state index contributed by atoms with van der Waals surface area (Å²) in [5.74, 6) is 1.08. The molecule has 1 aromatic heterocycles. The van der Waals surface area contributed by atoms with Gasteiger partial charge in [0.05, 0.1) is 19.9 Å². The second-order valence-corrected chi connectivity index (χ2v) is 7.02. The van der Waals surface area contributed by atoms with Crippen LogP contribution in [-0.4, -0.2) is 54.6 Å². The smallest absolute Gasteiger partial charge is 0.187 e. The zero-order valence-corrected chi connectivity index (χ0v) is 18.4. The van der Waals surface area contributed by atoms with E-state index < -0.39 is 6.10 Å². The minimum absolute atomic E-state index is 0.0238. The van der Waals surface area contributed by atoms with Gasteiger partial charge in [0.15, 0.2) is 5.78 Å². The van der Waals surface area contributed by atoms with E-state index >= 15 is 0 Å². The van der Waals surface area contributed by atoms with Crippen molar-refractivity contribution in [3.05, 3.63) is 64.7 Å². The third kappa shape index (κ3) is 4.92. The Morgan fingerprint density at radius 2 is 1.83 bits per heavy atom. The average Bonchev–Trinajstić information content (AvgIpc) is 3.30. The molecule has 0 fully saturated rings. The Balaban J connectivity index is 1.70. The van der Waals surface area contributed by atoms with Gasteiger partial charge in [-0.3, -0.25) is 9.79 Å². The number of carbonyl (C=O) groups excluding carboxylic acids is 1. The first kappa shape index (κ1) is 21.7. The Hall–Kier alpha value is -3.04. The first-order valence-electron chi connectivity index (χ1n) is 8.99. The van der Waals surface area contributed by atoms with Crippen molar-refractivity contribution in [1.82, 2.24) is 14.8 Å². The first-order valence-corrected chi connectivity index (χ1v) is 9.78. The van der Waals surface area contributed by atoms with Crippen molar-refractivity contribution in [2.45, 2.75) is 6.10 Å². The molecular weight excluding hydrogens is 452 g/mol. The van der Waals surface area contributed by atoms with Crippen molar-refractivity contribution in [1.29, 1.82) is 0 Å². The highest BCUT2D eigenvalue weighted by molar-refractivity contribution is 9.10. The van der Waals surface area contributed by atoms with E-state index in [-0.39, 0.29) is 12.3 Å². The Labute approximate surface area is 182 Å². The lowest BCUT2D eigenvalue weighted by atomic mass is 10.0. The molecule has 2 aromatic carbocycles. The van der Waals surface area contributed by atoms with Crippen LogP contribution >= 0.6 is 15.9 Å². The van der Waals surface area contributed by atoms with Crippen LogP contribution < -0.4 is 9.47 Å². The molecule has 0 bridgehead atoms. The van der Waals surface area contributed by atoms with Gasteiger partial charge in [-0.15, -0.1) is 0 Å². The Morgan fingerprint density at radius 1 is 1.17 bits per heavy atom. The van der Waals surface area contributed by atoms with Crippen LogP contribution in [0.3, 0.4) is 0 Å². The maximum Gasteiger partial charge on any atom is 0.187 e. The van der Waals surface area contributed by atoms with Crippen LogP contribution in [0.2, 0.25) is 0 Å². The van der Waals surface area contributed by atoms with Crippen molar-refractivity contribution in [2.75, 3.05) is 27.9 Å². The summed E-state index contributed by atoms with van der Waals surface area (Å²) in [6.45, 7) is -0.0238. The maximum absolute atomic E-state index is 12.7. The molecule has 1 atom stereocenters. The number of ether oxygens (including phenoxy) is 3. The topological polar surface area (TPSA) is 87.8 Å². The van der Waals surface area contributed by atoms with Gasteiger partial charge >= 0.3 is 0 Å². The summed E-state index contributed by atoms with van der Waals surface area (Å²) in [7, 11) is 4.64.